The van der Waals surface area contributed by atoms with Crippen molar-refractivity contribution < 1.29 is 22.5 Å². The van der Waals surface area contributed by atoms with E-state index in [2.05, 4.69) is 15.6 Å². The molecule has 0 spiro atoms. The molecule has 1 aliphatic rings. The minimum atomic E-state index is -4.49. The van der Waals surface area contributed by atoms with Gasteiger partial charge in [-0.05, 0) is 19.0 Å². The zero-order valence-corrected chi connectivity index (χ0v) is 12.9. The lowest BCUT2D eigenvalue weighted by Gasteiger charge is -2.22. The first-order chi connectivity index (χ1) is 11.3. The molecular weight excluding hydrogens is 327 g/mol. The lowest BCUT2D eigenvalue weighted by atomic mass is 10.2. The Morgan fingerprint density at radius 2 is 2.33 bits per heavy atom. The Hall–Kier alpha value is -2.36. The van der Waals surface area contributed by atoms with Gasteiger partial charge in [0.05, 0.1) is 0 Å². The summed E-state index contributed by atoms with van der Waals surface area (Å²) in [5.41, 5.74) is -0.852. The van der Waals surface area contributed by atoms with E-state index in [9.17, 15) is 18.0 Å². The number of nitrogens with one attached hydrogen (secondary N) is 1. The first kappa shape index (κ1) is 16.5. The Kier molecular flexibility index (Phi) is 4.31. The molecule has 1 aliphatic heterocycles. The van der Waals surface area contributed by atoms with Crippen molar-refractivity contribution in [2.75, 3.05) is 20.1 Å². The van der Waals surface area contributed by atoms with Crippen LogP contribution in [0.3, 0.4) is 0 Å². The van der Waals surface area contributed by atoms with Crippen LogP contribution in [0, 0.1) is 0 Å². The predicted octanol–water partition coefficient (Wildman–Crippen LogP) is 1.37. The highest BCUT2D eigenvalue weighted by Crippen LogP contribution is 2.27. The number of carbonyl (C=O) groups is 1. The smallest absolute Gasteiger partial charge is 0.359 e. The number of alkyl halides is 3. The van der Waals surface area contributed by atoms with E-state index in [-0.39, 0.29) is 29.9 Å². The number of aromatic nitrogens is 3. The minimum absolute atomic E-state index is 0.0366. The molecule has 1 atom stereocenters. The highest BCUT2D eigenvalue weighted by molar-refractivity contribution is 5.92. The van der Waals surface area contributed by atoms with Crippen molar-refractivity contribution in [2.24, 2.45) is 0 Å². The van der Waals surface area contributed by atoms with Crippen molar-refractivity contribution in [1.82, 2.24) is 25.2 Å². The van der Waals surface area contributed by atoms with Gasteiger partial charge in [-0.25, -0.2) is 0 Å². The van der Waals surface area contributed by atoms with Crippen molar-refractivity contribution in [3.63, 3.8) is 0 Å². The van der Waals surface area contributed by atoms with Gasteiger partial charge in [0, 0.05) is 31.9 Å². The lowest BCUT2D eigenvalue weighted by Crippen LogP contribution is -2.38. The van der Waals surface area contributed by atoms with Gasteiger partial charge in [0.15, 0.2) is 17.1 Å². The Balaban J connectivity index is 1.67. The summed E-state index contributed by atoms with van der Waals surface area (Å²) in [7, 11) is 1.69. The Morgan fingerprint density at radius 1 is 1.54 bits per heavy atom. The van der Waals surface area contributed by atoms with Crippen molar-refractivity contribution >= 4 is 5.91 Å². The number of halogens is 3. The molecule has 2 aromatic heterocycles. The molecule has 1 amide bonds. The van der Waals surface area contributed by atoms with Crippen molar-refractivity contribution in [2.45, 2.75) is 25.2 Å². The summed E-state index contributed by atoms with van der Waals surface area (Å²) in [6.07, 6.45) is -2.44. The summed E-state index contributed by atoms with van der Waals surface area (Å²) < 4.78 is 43.7. The largest absolute Gasteiger partial charge is 0.435 e. The van der Waals surface area contributed by atoms with Gasteiger partial charge in [-0.3, -0.25) is 9.48 Å². The molecule has 1 fully saturated rings. The van der Waals surface area contributed by atoms with Crippen LogP contribution >= 0.6 is 0 Å². The standard InChI is InChI=1S/C14H16F3N5O2/c1-21(9-2-4-18-7-9)13(23)11-6-10(24-20-11)8-22-5-3-12(19-22)14(15,16)17/h3,5-6,9,18H,2,4,7-8H2,1H3/t9-/m0/s1. The van der Waals surface area contributed by atoms with Crippen LogP contribution in [0.2, 0.25) is 0 Å². The van der Waals surface area contributed by atoms with Crippen LogP contribution < -0.4 is 5.32 Å². The lowest BCUT2D eigenvalue weighted by molar-refractivity contribution is -0.141. The molecule has 3 heterocycles. The van der Waals surface area contributed by atoms with Crippen LogP contribution in [0.4, 0.5) is 13.2 Å². The second kappa shape index (κ2) is 6.27. The average molecular weight is 343 g/mol. The molecular formula is C14H16F3N5O2. The van der Waals surface area contributed by atoms with E-state index in [1.54, 1.807) is 11.9 Å². The SMILES string of the molecule is CN(C(=O)c1cc(Cn2ccc(C(F)(F)F)n2)on1)[C@H]1CCNC1. The van der Waals surface area contributed by atoms with E-state index < -0.39 is 11.9 Å². The third kappa shape index (κ3) is 3.42. The zero-order chi connectivity index (χ0) is 17.3. The summed E-state index contributed by atoms with van der Waals surface area (Å²) in [5, 5.41) is 10.3. The second-order valence-electron chi connectivity index (χ2n) is 5.64. The first-order valence-corrected chi connectivity index (χ1v) is 7.38. The fraction of sp³-hybridized carbons (Fsp3) is 0.500. The summed E-state index contributed by atoms with van der Waals surface area (Å²) >= 11 is 0. The maximum absolute atomic E-state index is 12.5. The van der Waals surface area contributed by atoms with E-state index in [1.807, 2.05) is 0 Å². The van der Waals surface area contributed by atoms with E-state index in [1.165, 1.54) is 12.3 Å². The zero-order valence-electron chi connectivity index (χ0n) is 12.9. The Labute approximate surface area is 135 Å². The van der Waals surface area contributed by atoms with Crippen molar-refractivity contribution in [1.29, 1.82) is 0 Å². The molecule has 0 saturated carbocycles. The molecule has 1 N–H and O–H groups in total. The van der Waals surface area contributed by atoms with Crippen LogP contribution in [0.1, 0.15) is 28.4 Å². The fourth-order valence-corrected chi connectivity index (χ4v) is 2.57. The molecule has 130 valence electrons. The molecule has 2 aromatic rings. The highest BCUT2D eigenvalue weighted by Gasteiger charge is 2.33. The molecule has 3 rings (SSSR count). The fourth-order valence-electron chi connectivity index (χ4n) is 2.57. The van der Waals surface area contributed by atoms with Gasteiger partial charge < -0.3 is 14.7 Å². The number of carbonyl (C=O) groups excluding carboxylic acids is 1. The van der Waals surface area contributed by atoms with Crippen LogP contribution in [0.5, 0.6) is 0 Å². The molecule has 7 nitrogen and oxygen atoms in total. The number of likely N-dealkylation sites (N-methyl/N-ethyl adjacent to an activating group) is 1. The van der Waals surface area contributed by atoms with Crippen molar-refractivity contribution in [3.8, 4) is 0 Å². The molecule has 0 radical (unpaired) electrons. The van der Waals surface area contributed by atoms with Crippen LogP contribution in [-0.2, 0) is 12.7 Å². The maximum atomic E-state index is 12.5. The highest BCUT2D eigenvalue weighted by atomic mass is 19.4. The third-order valence-corrected chi connectivity index (χ3v) is 3.93. The van der Waals surface area contributed by atoms with Gasteiger partial charge in [-0.1, -0.05) is 5.16 Å². The molecule has 0 bridgehead atoms. The number of hydrogen-bond donors (Lipinski definition) is 1. The molecule has 0 aromatic carbocycles. The second-order valence-corrected chi connectivity index (χ2v) is 5.64. The average Bonchev–Trinajstić information content (AvgIpc) is 3.26. The summed E-state index contributed by atoms with van der Waals surface area (Å²) in [6, 6.07) is 2.40. The normalized spacial score (nSPS) is 18.1. The monoisotopic (exact) mass is 343 g/mol. The van der Waals surface area contributed by atoms with Crippen LogP contribution in [0.15, 0.2) is 22.9 Å². The molecule has 0 aliphatic carbocycles. The van der Waals surface area contributed by atoms with Crippen LogP contribution in [0.25, 0.3) is 0 Å². The maximum Gasteiger partial charge on any atom is 0.435 e. The Bertz CT molecular complexity index is 718. The van der Waals surface area contributed by atoms with Gasteiger partial charge >= 0.3 is 6.18 Å². The van der Waals surface area contributed by atoms with E-state index in [0.717, 1.165) is 30.3 Å². The molecule has 24 heavy (non-hydrogen) atoms. The Morgan fingerprint density at radius 3 is 2.96 bits per heavy atom. The number of rotatable bonds is 4. The summed E-state index contributed by atoms with van der Waals surface area (Å²) in [4.78, 5) is 13.9. The van der Waals surface area contributed by atoms with E-state index in [0.29, 0.717) is 0 Å². The summed E-state index contributed by atoms with van der Waals surface area (Å²) in [5.74, 6) is -0.0248. The predicted molar refractivity (Wildman–Crippen MR) is 76.2 cm³/mol. The third-order valence-electron chi connectivity index (χ3n) is 3.93. The van der Waals surface area contributed by atoms with Gasteiger partial charge in [-0.2, -0.15) is 18.3 Å². The quantitative estimate of drug-likeness (QED) is 0.907. The van der Waals surface area contributed by atoms with Gasteiger partial charge in [0.2, 0.25) is 0 Å². The topological polar surface area (TPSA) is 76.2 Å². The minimum Gasteiger partial charge on any atom is -0.359 e. The molecule has 10 heteroatoms. The van der Waals surface area contributed by atoms with E-state index >= 15 is 0 Å². The summed E-state index contributed by atoms with van der Waals surface area (Å²) in [6.45, 7) is 1.54. The van der Waals surface area contributed by atoms with Gasteiger partial charge in [-0.15, -0.1) is 0 Å². The first-order valence-electron chi connectivity index (χ1n) is 7.38. The molecule has 1 saturated heterocycles. The van der Waals surface area contributed by atoms with Crippen LogP contribution in [-0.4, -0.2) is 51.9 Å². The molecule has 0 unspecified atom stereocenters. The van der Waals surface area contributed by atoms with Gasteiger partial charge in [0.1, 0.15) is 6.54 Å². The van der Waals surface area contributed by atoms with E-state index in [4.69, 9.17) is 4.52 Å². The van der Waals surface area contributed by atoms with Crippen molar-refractivity contribution in [3.05, 3.63) is 35.5 Å². The van der Waals surface area contributed by atoms with Gasteiger partial charge in [0.25, 0.3) is 5.91 Å². The number of amides is 1. The number of nitrogens with zero attached hydrogens (tertiary/aromatic N) is 4. The number of hydrogen-bond acceptors (Lipinski definition) is 5.